The number of aryl methyl sites for hydroxylation is 2. The third kappa shape index (κ3) is 5.94. The van der Waals surface area contributed by atoms with Crippen molar-refractivity contribution in [2.75, 3.05) is 24.7 Å². The maximum Gasteiger partial charge on any atom is 0.222 e. The first-order valence-corrected chi connectivity index (χ1v) is 9.46. The lowest BCUT2D eigenvalue weighted by molar-refractivity contribution is -0.116. The molecule has 1 heterocycles. The number of nitrogens with one attached hydrogen (secondary N) is 1. The number of nitrogens with zero attached hydrogens (tertiary/aromatic N) is 2. The van der Waals surface area contributed by atoms with Crippen LogP contribution in [0.1, 0.15) is 55.5 Å². The summed E-state index contributed by atoms with van der Waals surface area (Å²) in [6.07, 6.45) is 4.09. The predicted octanol–water partition coefficient (Wildman–Crippen LogP) is 3.70. The standard InChI is InChI=1S/C21H30N4O2/c1-5-6-11-23-20-18(15(3)24-21(22)25-20)13-17-10-9-16(8-7-14(2)26)12-19(17)27-4/h9-10,12H,5-8,11,13H2,1-4H3,(H3,22,23,24,25). The number of nitrogen functional groups attached to an aromatic ring is 1. The average Bonchev–Trinajstić information content (AvgIpc) is 2.63. The Morgan fingerprint density at radius 2 is 2.07 bits per heavy atom. The Bertz CT molecular complexity index is 790. The second kappa shape index (κ2) is 9.90. The van der Waals surface area contributed by atoms with E-state index in [1.54, 1.807) is 14.0 Å². The van der Waals surface area contributed by atoms with Gasteiger partial charge in [0, 0.05) is 30.6 Å². The minimum absolute atomic E-state index is 0.190. The van der Waals surface area contributed by atoms with Gasteiger partial charge in [-0.15, -0.1) is 0 Å². The minimum atomic E-state index is 0.190. The van der Waals surface area contributed by atoms with E-state index < -0.39 is 0 Å². The molecule has 3 N–H and O–H groups in total. The molecule has 146 valence electrons. The van der Waals surface area contributed by atoms with Gasteiger partial charge >= 0.3 is 0 Å². The van der Waals surface area contributed by atoms with Gasteiger partial charge in [-0.1, -0.05) is 25.5 Å². The number of rotatable bonds is 10. The van der Waals surface area contributed by atoms with E-state index in [0.29, 0.717) is 12.8 Å². The molecule has 27 heavy (non-hydrogen) atoms. The number of ether oxygens (including phenoxy) is 1. The van der Waals surface area contributed by atoms with Crippen molar-refractivity contribution in [2.24, 2.45) is 0 Å². The second-order valence-corrected chi connectivity index (χ2v) is 6.80. The fraction of sp³-hybridized carbons (Fsp3) is 0.476. The maximum absolute atomic E-state index is 11.2. The molecule has 0 spiro atoms. The van der Waals surface area contributed by atoms with Gasteiger partial charge in [-0.3, -0.25) is 0 Å². The Hall–Kier alpha value is -2.63. The van der Waals surface area contributed by atoms with Gasteiger partial charge in [-0.25, -0.2) is 4.98 Å². The quantitative estimate of drug-likeness (QED) is 0.620. The van der Waals surface area contributed by atoms with Crippen LogP contribution in [0.2, 0.25) is 0 Å². The van der Waals surface area contributed by atoms with Gasteiger partial charge in [0.1, 0.15) is 17.4 Å². The number of nitrogens with two attached hydrogens (primary N) is 1. The third-order valence-electron chi connectivity index (χ3n) is 4.54. The van der Waals surface area contributed by atoms with Crippen LogP contribution >= 0.6 is 0 Å². The zero-order chi connectivity index (χ0) is 19.8. The summed E-state index contributed by atoms with van der Waals surface area (Å²) in [4.78, 5) is 20.0. The zero-order valence-corrected chi connectivity index (χ0v) is 16.8. The molecule has 0 radical (unpaired) electrons. The van der Waals surface area contributed by atoms with Crippen LogP contribution < -0.4 is 15.8 Å². The van der Waals surface area contributed by atoms with Crippen LogP contribution in [0.5, 0.6) is 5.75 Å². The second-order valence-electron chi connectivity index (χ2n) is 6.80. The van der Waals surface area contributed by atoms with Crippen molar-refractivity contribution in [3.05, 3.63) is 40.6 Å². The molecule has 0 aliphatic rings. The number of carbonyl (C=O) groups excluding carboxylic acids is 1. The Morgan fingerprint density at radius 3 is 2.74 bits per heavy atom. The van der Waals surface area contributed by atoms with Crippen LogP contribution in [0.4, 0.5) is 11.8 Å². The Balaban J connectivity index is 2.28. The van der Waals surface area contributed by atoms with Crippen molar-refractivity contribution in [3.63, 3.8) is 0 Å². The predicted molar refractivity (Wildman–Crippen MR) is 109 cm³/mol. The number of hydrogen-bond acceptors (Lipinski definition) is 6. The SMILES string of the molecule is CCCCNc1nc(N)nc(C)c1Cc1ccc(CCC(C)=O)cc1OC. The summed E-state index contributed by atoms with van der Waals surface area (Å²) < 4.78 is 5.60. The van der Waals surface area contributed by atoms with Crippen LogP contribution in [0.3, 0.4) is 0 Å². The summed E-state index contributed by atoms with van der Waals surface area (Å²) in [5.41, 5.74) is 9.88. The van der Waals surface area contributed by atoms with Crippen LogP contribution in [-0.4, -0.2) is 29.4 Å². The Labute approximate surface area is 161 Å². The van der Waals surface area contributed by atoms with Gasteiger partial charge in [0.05, 0.1) is 7.11 Å². The lowest BCUT2D eigenvalue weighted by Gasteiger charge is -2.16. The number of Topliss-reactive ketones (excluding diaryl/α,β-unsaturated/α-hetero) is 1. The first-order valence-electron chi connectivity index (χ1n) is 9.46. The van der Waals surface area contributed by atoms with Crippen LogP contribution in [0.25, 0.3) is 0 Å². The summed E-state index contributed by atoms with van der Waals surface area (Å²) in [6, 6.07) is 6.12. The third-order valence-corrected chi connectivity index (χ3v) is 4.54. The molecule has 0 amide bonds. The van der Waals surface area contributed by atoms with Crippen molar-refractivity contribution in [2.45, 2.75) is 52.9 Å². The van der Waals surface area contributed by atoms with Gasteiger partial charge in [-0.05, 0) is 43.9 Å². The molecule has 6 heteroatoms. The molecule has 0 aliphatic carbocycles. The minimum Gasteiger partial charge on any atom is -0.496 e. The van der Waals surface area contributed by atoms with E-state index in [9.17, 15) is 4.79 Å². The topological polar surface area (TPSA) is 90.1 Å². The maximum atomic E-state index is 11.2. The molecular weight excluding hydrogens is 340 g/mol. The average molecular weight is 370 g/mol. The van der Waals surface area contributed by atoms with Crippen molar-refractivity contribution < 1.29 is 9.53 Å². The molecular formula is C21H30N4O2. The fourth-order valence-corrected chi connectivity index (χ4v) is 2.96. The Morgan fingerprint density at radius 1 is 1.30 bits per heavy atom. The van der Waals surface area contributed by atoms with E-state index in [1.807, 2.05) is 13.0 Å². The van der Waals surface area contributed by atoms with E-state index >= 15 is 0 Å². The zero-order valence-electron chi connectivity index (χ0n) is 16.8. The molecule has 1 aromatic heterocycles. The molecule has 2 rings (SSSR count). The number of carbonyl (C=O) groups is 1. The largest absolute Gasteiger partial charge is 0.496 e. The molecule has 0 unspecified atom stereocenters. The normalized spacial score (nSPS) is 10.7. The number of ketones is 1. The molecule has 0 aliphatic heterocycles. The lowest BCUT2D eigenvalue weighted by atomic mass is 9.99. The van der Waals surface area contributed by atoms with Crippen molar-refractivity contribution in [1.82, 2.24) is 9.97 Å². The monoisotopic (exact) mass is 370 g/mol. The number of unbranched alkanes of at least 4 members (excludes halogenated alkanes) is 1. The highest BCUT2D eigenvalue weighted by Gasteiger charge is 2.14. The molecule has 2 aromatic rings. The molecule has 0 bridgehead atoms. The van der Waals surface area contributed by atoms with Crippen molar-refractivity contribution in [3.8, 4) is 5.75 Å². The number of hydrogen-bond donors (Lipinski definition) is 2. The van der Waals surface area contributed by atoms with Crippen LogP contribution in [0, 0.1) is 6.92 Å². The number of anilines is 2. The van der Waals surface area contributed by atoms with Gasteiger partial charge in [0.2, 0.25) is 5.95 Å². The van der Waals surface area contributed by atoms with E-state index in [0.717, 1.165) is 59.8 Å². The van der Waals surface area contributed by atoms with Crippen molar-refractivity contribution >= 4 is 17.5 Å². The van der Waals surface area contributed by atoms with Crippen LogP contribution in [-0.2, 0) is 17.6 Å². The molecule has 0 fully saturated rings. The van der Waals surface area contributed by atoms with Crippen molar-refractivity contribution in [1.29, 1.82) is 0 Å². The van der Waals surface area contributed by atoms with E-state index in [-0.39, 0.29) is 11.7 Å². The number of aromatic nitrogens is 2. The van der Waals surface area contributed by atoms with Gasteiger partial charge in [0.15, 0.2) is 0 Å². The molecule has 0 atom stereocenters. The number of methoxy groups -OCH3 is 1. The highest BCUT2D eigenvalue weighted by molar-refractivity contribution is 5.75. The summed E-state index contributed by atoms with van der Waals surface area (Å²) in [6.45, 7) is 6.57. The first-order chi connectivity index (χ1) is 12.9. The van der Waals surface area contributed by atoms with Gasteiger partial charge in [0.25, 0.3) is 0 Å². The molecule has 1 aromatic carbocycles. The van der Waals surface area contributed by atoms with Crippen LogP contribution in [0.15, 0.2) is 18.2 Å². The smallest absolute Gasteiger partial charge is 0.222 e. The summed E-state index contributed by atoms with van der Waals surface area (Å²) in [5, 5.41) is 3.39. The first kappa shape index (κ1) is 20.7. The fourth-order valence-electron chi connectivity index (χ4n) is 2.96. The molecule has 0 saturated carbocycles. The van der Waals surface area contributed by atoms with Gasteiger partial charge in [-0.2, -0.15) is 4.98 Å². The van der Waals surface area contributed by atoms with E-state index in [4.69, 9.17) is 10.5 Å². The van der Waals surface area contributed by atoms with E-state index in [1.165, 1.54) is 0 Å². The van der Waals surface area contributed by atoms with Gasteiger partial charge < -0.3 is 20.6 Å². The molecule has 6 nitrogen and oxygen atoms in total. The number of benzene rings is 1. The lowest BCUT2D eigenvalue weighted by Crippen LogP contribution is -2.11. The molecule has 0 saturated heterocycles. The summed E-state index contributed by atoms with van der Waals surface area (Å²) in [5.74, 6) is 2.07. The summed E-state index contributed by atoms with van der Waals surface area (Å²) >= 11 is 0. The summed E-state index contributed by atoms with van der Waals surface area (Å²) in [7, 11) is 1.67. The highest BCUT2D eigenvalue weighted by Crippen LogP contribution is 2.28. The Kier molecular flexibility index (Phi) is 7.58. The highest BCUT2D eigenvalue weighted by atomic mass is 16.5. The van der Waals surface area contributed by atoms with E-state index in [2.05, 4.69) is 34.3 Å².